The van der Waals surface area contributed by atoms with E-state index in [0.717, 1.165) is 32.2 Å². The van der Waals surface area contributed by atoms with Crippen LogP contribution in [0.4, 0.5) is 0 Å². The molecular weight excluding hydrogens is 190 g/mol. The van der Waals surface area contributed by atoms with Gasteiger partial charge in [-0.15, -0.1) is 0 Å². The number of carbonyl (C=O) groups is 1. The van der Waals surface area contributed by atoms with Gasteiger partial charge in [-0.1, -0.05) is 20.8 Å². The van der Waals surface area contributed by atoms with E-state index in [-0.39, 0.29) is 17.6 Å². The molecule has 0 amide bonds. The first-order chi connectivity index (χ1) is 7.15. The molecule has 0 radical (unpaired) electrons. The third-order valence-corrected chi connectivity index (χ3v) is 4.08. The molecule has 1 aliphatic heterocycles. The van der Waals surface area contributed by atoms with E-state index < -0.39 is 0 Å². The van der Waals surface area contributed by atoms with Crippen LogP contribution in [-0.4, -0.2) is 36.1 Å². The van der Waals surface area contributed by atoms with E-state index in [9.17, 15) is 4.79 Å². The molecule has 1 rings (SSSR count). The molecule has 1 unspecified atom stereocenters. The number of esters is 1. The fourth-order valence-corrected chi connectivity index (χ4v) is 2.70. The predicted molar refractivity (Wildman–Crippen MR) is 60.7 cm³/mol. The molecule has 0 aromatic carbocycles. The minimum atomic E-state index is -0.0685. The van der Waals surface area contributed by atoms with E-state index in [0.29, 0.717) is 0 Å². The second-order valence-corrected chi connectivity index (χ2v) is 4.31. The van der Waals surface area contributed by atoms with Crippen LogP contribution in [-0.2, 0) is 9.53 Å². The quantitative estimate of drug-likeness (QED) is 0.656. The number of ether oxygens (including phenoxy) is 1. The predicted octanol–water partition coefficient (Wildman–Crippen LogP) is 2.20. The van der Waals surface area contributed by atoms with E-state index in [4.69, 9.17) is 4.74 Å². The lowest BCUT2D eigenvalue weighted by atomic mass is 9.82. The summed E-state index contributed by atoms with van der Waals surface area (Å²) in [4.78, 5) is 13.9. The molecule has 0 aromatic rings. The Labute approximate surface area is 92.8 Å². The summed E-state index contributed by atoms with van der Waals surface area (Å²) in [6.45, 7) is 7.66. The van der Waals surface area contributed by atoms with E-state index in [1.165, 1.54) is 7.11 Å². The summed E-state index contributed by atoms with van der Waals surface area (Å²) in [7, 11) is 1.48. The van der Waals surface area contributed by atoms with Gasteiger partial charge in [0.05, 0.1) is 7.11 Å². The van der Waals surface area contributed by atoms with Crippen LogP contribution >= 0.6 is 0 Å². The molecule has 0 bridgehead atoms. The number of likely N-dealkylation sites (tertiary alicyclic amines) is 1. The first kappa shape index (κ1) is 12.5. The molecule has 3 heteroatoms. The van der Waals surface area contributed by atoms with Gasteiger partial charge in [0, 0.05) is 12.1 Å². The molecule has 15 heavy (non-hydrogen) atoms. The smallest absolute Gasteiger partial charge is 0.323 e. The topological polar surface area (TPSA) is 29.5 Å². The van der Waals surface area contributed by atoms with Gasteiger partial charge in [-0.25, -0.2) is 0 Å². The third-order valence-electron chi connectivity index (χ3n) is 4.08. The lowest BCUT2D eigenvalue weighted by Gasteiger charge is -2.52. The standard InChI is InChI=1S/C12H23NO2/c1-5-12(6-2,7-3)13-9-8-10(13)11(14)15-4/h10H,5-9H2,1-4H3. The average molecular weight is 213 g/mol. The number of nitrogens with zero attached hydrogens (tertiary/aromatic N) is 1. The Hall–Kier alpha value is -0.570. The third kappa shape index (κ3) is 2.03. The minimum absolute atomic E-state index is 0.00912. The van der Waals surface area contributed by atoms with Crippen molar-refractivity contribution in [2.45, 2.75) is 58.0 Å². The first-order valence-electron chi connectivity index (χ1n) is 5.99. The zero-order valence-electron chi connectivity index (χ0n) is 10.4. The zero-order chi connectivity index (χ0) is 11.5. The van der Waals surface area contributed by atoms with Gasteiger partial charge in [0.1, 0.15) is 6.04 Å². The summed E-state index contributed by atoms with van der Waals surface area (Å²) < 4.78 is 4.83. The van der Waals surface area contributed by atoms with Crippen LogP contribution in [0.2, 0.25) is 0 Å². The highest BCUT2D eigenvalue weighted by molar-refractivity contribution is 5.76. The summed E-state index contributed by atoms with van der Waals surface area (Å²) in [6, 6.07) is 0.00912. The van der Waals surface area contributed by atoms with Crippen LogP contribution in [0, 0.1) is 0 Å². The Bertz CT molecular complexity index is 215. The molecule has 3 nitrogen and oxygen atoms in total. The number of methoxy groups -OCH3 is 1. The molecule has 88 valence electrons. The maximum atomic E-state index is 11.5. The summed E-state index contributed by atoms with van der Waals surface area (Å²) in [5, 5.41) is 0. The van der Waals surface area contributed by atoms with Gasteiger partial charge in [0.15, 0.2) is 0 Å². The Morgan fingerprint density at radius 1 is 1.33 bits per heavy atom. The molecule has 0 aliphatic carbocycles. The van der Waals surface area contributed by atoms with Crippen molar-refractivity contribution >= 4 is 5.97 Å². The average Bonchev–Trinajstić information content (AvgIpc) is 2.24. The van der Waals surface area contributed by atoms with Crippen LogP contribution in [0.1, 0.15) is 46.5 Å². The van der Waals surface area contributed by atoms with Crippen LogP contribution < -0.4 is 0 Å². The van der Waals surface area contributed by atoms with Gasteiger partial charge in [-0.2, -0.15) is 0 Å². The monoisotopic (exact) mass is 213 g/mol. The van der Waals surface area contributed by atoms with Gasteiger partial charge in [0.25, 0.3) is 0 Å². The number of hydrogen-bond acceptors (Lipinski definition) is 3. The Morgan fingerprint density at radius 3 is 2.13 bits per heavy atom. The van der Waals surface area contributed by atoms with Crippen molar-refractivity contribution in [1.29, 1.82) is 0 Å². The summed E-state index contributed by atoms with van der Waals surface area (Å²) in [6.07, 6.45) is 4.27. The van der Waals surface area contributed by atoms with Crippen LogP contribution in [0.25, 0.3) is 0 Å². The molecule has 0 saturated carbocycles. The van der Waals surface area contributed by atoms with Crippen molar-refractivity contribution in [3.8, 4) is 0 Å². The van der Waals surface area contributed by atoms with Crippen LogP contribution in [0.3, 0.4) is 0 Å². The molecular formula is C12H23NO2. The van der Waals surface area contributed by atoms with Crippen molar-refractivity contribution in [2.24, 2.45) is 0 Å². The molecule has 1 heterocycles. The fraction of sp³-hybridized carbons (Fsp3) is 0.917. The first-order valence-corrected chi connectivity index (χ1v) is 5.99. The normalized spacial score (nSPS) is 22.3. The van der Waals surface area contributed by atoms with E-state index in [1.54, 1.807) is 0 Å². The second-order valence-electron chi connectivity index (χ2n) is 4.31. The van der Waals surface area contributed by atoms with Gasteiger partial charge in [-0.05, 0) is 25.7 Å². The SMILES string of the molecule is CCC(CC)(CC)N1CCC1C(=O)OC. The van der Waals surface area contributed by atoms with E-state index in [2.05, 4.69) is 25.7 Å². The van der Waals surface area contributed by atoms with Gasteiger partial charge < -0.3 is 4.74 Å². The summed E-state index contributed by atoms with van der Waals surface area (Å²) >= 11 is 0. The molecule has 1 fully saturated rings. The lowest BCUT2D eigenvalue weighted by molar-refractivity contribution is -0.158. The minimum Gasteiger partial charge on any atom is -0.468 e. The summed E-state index contributed by atoms with van der Waals surface area (Å²) in [5.74, 6) is -0.0685. The maximum Gasteiger partial charge on any atom is 0.323 e. The molecule has 0 N–H and O–H groups in total. The van der Waals surface area contributed by atoms with Crippen molar-refractivity contribution in [3.05, 3.63) is 0 Å². The molecule has 1 atom stereocenters. The summed E-state index contributed by atoms with van der Waals surface area (Å²) in [5.41, 5.74) is 0.205. The maximum absolute atomic E-state index is 11.5. The highest BCUT2D eigenvalue weighted by Gasteiger charge is 2.45. The Morgan fingerprint density at radius 2 is 1.87 bits per heavy atom. The second kappa shape index (κ2) is 4.97. The fourth-order valence-electron chi connectivity index (χ4n) is 2.70. The van der Waals surface area contributed by atoms with Crippen LogP contribution in [0.15, 0.2) is 0 Å². The van der Waals surface area contributed by atoms with Crippen molar-refractivity contribution in [3.63, 3.8) is 0 Å². The Kier molecular flexibility index (Phi) is 4.14. The van der Waals surface area contributed by atoms with Crippen molar-refractivity contribution in [2.75, 3.05) is 13.7 Å². The van der Waals surface area contributed by atoms with Crippen molar-refractivity contribution < 1.29 is 9.53 Å². The number of carbonyl (C=O) groups excluding carboxylic acids is 1. The lowest BCUT2D eigenvalue weighted by Crippen LogP contribution is -2.63. The molecule has 0 aromatic heterocycles. The highest BCUT2D eigenvalue weighted by atomic mass is 16.5. The zero-order valence-corrected chi connectivity index (χ0v) is 10.4. The van der Waals surface area contributed by atoms with Crippen molar-refractivity contribution in [1.82, 2.24) is 4.90 Å². The van der Waals surface area contributed by atoms with E-state index >= 15 is 0 Å². The van der Waals surface area contributed by atoms with Crippen LogP contribution in [0.5, 0.6) is 0 Å². The Balaban J connectivity index is 2.73. The van der Waals surface area contributed by atoms with Gasteiger partial charge in [0.2, 0.25) is 0 Å². The number of rotatable bonds is 5. The molecule has 1 saturated heterocycles. The van der Waals surface area contributed by atoms with Gasteiger partial charge in [-0.3, -0.25) is 9.69 Å². The highest BCUT2D eigenvalue weighted by Crippen LogP contribution is 2.36. The largest absolute Gasteiger partial charge is 0.468 e. The number of hydrogen-bond donors (Lipinski definition) is 0. The van der Waals surface area contributed by atoms with E-state index in [1.807, 2.05) is 0 Å². The molecule has 0 spiro atoms. The van der Waals surface area contributed by atoms with Gasteiger partial charge >= 0.3 is 5.97 Å². The molecule has 1 aliphatic rings.